The highest BCUT2D eigenvalue weighted by Gasteiger charge is 2.32. The highest BCUT2D eigenvalue weighted by atomic mass is 32.2. The van der Waals surface area contributed by atoms with Gasteiger partial charge in [0.05, 0.1) is 16.1 Å². The normalized spacial score (nSPS) is 21.2. The lowest BCUT2D eigenvalue weighted by Gasteiger charge is -2.38. The first-order chi connectivity index (χ1) is 14.2. The van der Waals surface area contributed by atoms with Crippen molar-refractivity contribution in [1.82, 2.24) is 14.9 Å². The van der Waals surface area contributed by atoms with E-state index in [4.69, 9.17) is 0 Å². The van der Waals surface area contributed by atoms with Gasteiger partial charge in [0.1, 0.15) is 0 Å². The van der Waals surface area contributed by atoms with E-state index >= 15 is 0 Å². The van der Waals surface area contributed by atoms with Crippen LogP contribution >= 0.6 is 0 Å². The second-order valence-corrected chi connectivity index (χ2v) is 10.7. The van der Waals surface area contributed by atoms with Crippen molar-refractivity contribution >= 4 is 32.6 Å². The molecule has 2 fully saturated rings. The number of hydrogen-bond acceptors (Lipinski definition) is 6. The van der Waals surface area contributed by atoms with E-state index in [1.54, 1.807) is 18.2 Å². The Morgan fingerprint density at radius 2 is 1.80 bits per heavy atom. The number of nitrogens with zero attached hydrogens (tertiary/aromatic N) is 4. The van der Waals surface area contributed by atoms with Crippen molar-refractivity contribution in [3.8, 4) is 0 Å². The monoisotopic (exact) mass is 430 g/mol. The molecule has 7 nitrogen and oxygen atoms in total. The number of rotatable bonds is 3. The predicted molar refractivity (Wildman–Crippen MR) is 117 cm³/mol. The largest absolute Gasteiger partial charge is 0.341 e. The smallest absolute Gasteiger partial charge is 0.226 e. The van der Waals surface area contributed by atoms with Gasteiger partial charge in [-0.3, -0.25) is 4.79 Å². The molecular formula is C22H30N4O3S. The van der Waals surface area contributed by atoms with Crippen molar-refractivity contribution in [2.75, 3.05) is 30.8 Å². The molecule has 2 aliphatic heterocycles. The number of benzene rings is 1. The molecule has 0 radical (unpaired) electrons. The fraction of sp³-hybridized carbons (Fsp3) is 0.591. The molecule has 30 heavy (non-hydrogen) atoms. The van der Waals surface area contributed by atoms with Gasteiger partial charge in [-0.2, -0.15) is 0 Å². The van der Waals surface area contributed by atoms with Gasteiger partial charge in [0.2, 0.25) is 11.9 Å². The summed E-state index contributed by atoms with van der Waals surface area (Å²) >= 11 is 0. The molecule has 4 rings (SSSR count). The van der Waals surface area contributed by atoms with E-state index in [0.29, 0.717) is 23.4 Å². The minimum atomic E-state index is -3.29. The lowest BCUT2D eigenvalue weighted by Crippen LogP contribution is -2.48. The summed E-state index contributed by atoms with van der Waals surface area (Å²) in [6.07, 6.45) is 6.22. The summed E-state index contributed by atoms with van der Waals surface area (Å²) in [5.74, 6) is 0.985. The van der Waals surface area contributed by atoms with Crippen LogP contribution in [0.15, 0.2) is 23.1 Å². The Labute approximate surface area is 178 Å². The molecule has 2 aliphatic rings. The van der Waals surface area contributed by atoms with Gasteiger partial charge in [0.25, 0.3) is 0 Å². The summed E-state index contributed by atoms with van der Waals surface area (Å²) in [5.41, 5.74) is 1.47. The minimum Gasteiger partial charge on any atom is -0.341 e. The van der Waals surface area contributed by atoms with E-state index in [1.807, 2.05) is 6.92 Å². The Bertz CT molecular complexity index is 1060. The van der Waals surface area contributed by atoms with Gasteiger partial charge in [0.15, 0.2) is 9.84 Å². The highest BCUT2D eigenvalue weighted by Crippen LogP contribution is 2.28. The van der Waals surface area contributed by atoms with Gasteiger partial charge in [-0.1, -0.05) is 0 Å². The number of piperidine rings is 2. The topological polar surface area (TPSA) is 83.5 Å². The van der Waals surface area contributed by atoms with Crippen molar-refractivity contribution in [2.45, 2.75) is 56.9 Å². The Morgan fingerprint density at radius 1 is 1.07 bits per heavy atom. The van der Waals surface area contributed by atoms with Gasteiger partial charge in [-0.15, -0.1) is 0 Å². The third-order valence-electron chi connectivity index (χ3n) is 6.49. The zero-order chi connectivity index (χ0) is 21.5. The van der Waals surface area contributed by atoms with Crippen LogP contribution in [-0.4, -0.2) is 61.1 Å². The van der Waals surface area contributed by atoms with Crippen LogP contribution in [0.3, 0.4) is 0 Å². The fourth-order valence-corrected chi connectivity index (χ4v) is 5.25. The standard InChI is InChI=1S/C22H30N4O3S/c1-15-6-4-5-11-26(15)21(27)17-9-12-25(13-10-17)22-23-16(2)19-8-7-18(30(3,28)29)14-20(19)24-22/h7-8,14-15,17H,4-6,9-13H2,1-3H3. The maximum atomic E-state index is 13.0. The maximum absolute atomic E-state index is 13.0. The highest BCUT2D eigenvalue weighted by molar-refractivity contribution is 7.90. The Hall–Kier alpha value is -2.22. The van der Waals surface area contributed by atoms with Crippen LogP contribution in [0.1, 0.15) is 44.7 Å². The molecule has 3 heterocycles. The predicted octanol–water partition coefficient (Wildman–Crippen LogP) is 2.96. The van der Waals surface area contributed by atoms with E-state index in [-0.39, 0.29) is 10.8 Å². The van der Waals surface area contributed by atoms with Crippen LogP contribution in [0.25, 0.3) is 10.9 Å². The first-order valence-electron chi connectivity index (χ1n) is 10.8. The minimum absolute atomic E-state index is 0.0696. The number of aromatic nitrogens is 2. The van der Waals surface area contributed by atoms with Gasteiger partial charge in [0, 0.05) is 43.2 Å². The third-order valence-corrected chi connectivity index (χ3v) is 7.60. The van der Waals surface area contributed by atoms with Crippen molar-refractivity contribution in [3.05, 3.63) is 23.9 Å². The van der Waals surface area contributed by atoms with E-state index in [2.05, 4.69) is 26.7 Å². The number of fused-ring (bicyclic) bond motifs is 1. The molecule has 1 unspecified atom stereocenters. The number of amides is 1. The molecule has 1 aromatic heterocycles. The first-order valence-corrected chi connectivity index (χ1v) is 12.7. The van der Waals surface area contributed by atoms with E-state index < -0.39 is 9.84 Å². The molecule has 2 saturated heterocycles. The van der Waals surface area contributed by atoms with Crippen molar-refractivity contribution in [3.63, 3.8) is 0 Å². The molecule has 0 spiro atoms. The molecule has 8 heteroatoms. The lowest BCUT2D eigenvalue weighted by atomic mass is 9.93. The number of aryl methyl sites for hydroxylation is 1. The summed E-state index contributed by atoms with van der Waals surface area (Å²) in [7, 11) is -3.29. The van der Waals surface area contributed by atoms with Crippen LogP contribution in [0.4, 0.5) is 5.95 Å². The Kier molecular flexibility index (Phi) is 5.70. The van der Waals surface area contributed by atoms with Gasteiger partial charge in [-0.25, -0.2) is 18.4 Å². The number of sulfone groups is 1. The number of carbonyl (C=O) groups excluding carboxylic acids is 1. The molecule has 2 aromatic rings. The van der Waals surface area contributed by atoms with Crippen LogP contribution in [-0.2, 0) is 14.6 Å². The second kappa shape index (κ2) is 8.13. The second-order valence-electron chi connectivity index (χ2n) is 8.70. The zero-order valence-corrected chi connectivity index (χ0v) is 18.8. The molecule has 1 aromatic carbocycles. The molecule has 1 atom stereocenters. The average molecular weight is 431 g/mol. The van der Waals surface area contributed by atoms with Gasteiger partial charge >= 0.3 is 0 Å². The zero-order valence-electron chi connectivity index (χ0n) is 18.0. The number of anilines is 1. The quantitative estimate of drug-likeness (QED) is 0.744. The molecule has 0 saturated carbocycles. The van der Waals surface area contributed by atoms with Crippen LogP contribution in [0, 0.1) is 12.8 Å². The average Bonchev–Trinajstić information content (AvgIpc) is 2.72. The Balaban J connectivity index is 1.51. The summed E-state index contributed by atoms with van der Waals surface area (Å²) in [6.45, 7) is 6.42. The van der Waals surface area contributed by atoms with Gasteiger partial charge < -0.3 is 9.80 Å². The van der Waals surface area contributed by atoms with E-state index in [1.165, 1.54) is 12.7 Å². The SMILES string of the molecule is Cc1nc(N2CCC(C(=O)N3CCCCC3C)CC2)nc2cc(S(C)(=O)=O)ccc12. The Morgan fingerprint density at radius 3 is 2.47 bits per heavy atom. The molecule has 0 bridgehead atoms. The summed E-state index contributed by atoms with van der Waals surface area (Å²) < 4.78 is 23.8. The van der Waals surface area contributed by atoms with Crippen LogP contribution in [0.5, 0.6) is 0 Å². The number of carbonyl (C=O) groups is 1. The van der Waals surface area contributed by atoms with Crippen molar-refractivity contribution < 1.29 is 13.2 Å². The van der Waals surface area contributed by atoms with Crippen molar-refractivity contribution in [2.24, 2.45) is 5.92 Å². The lowest BCUT2D eigenvalue weighted by molar-refractivity contribution is -0.139. The maximum Gasteiger partial charge on any atom is 0.226 e. The molecule has 0 N–H and O–H groups in total. The van der Waals surface area contributed by atoms with Gasteiger partial charge in [-0.05, 0) is 64.2 Å². The molecule has 0 aliphatic carbocycles. The summed E-state index contributed by atoms with van der Waals surface area (Å²) in [4.78, 5) is 26.8. The first kappa shape index (κ1) is 21.0. The van der Waals surface area contributed by atoms with E-state index in [9.17, 15) is 13.2 Å². The fourth-order valence-electron chi connectivity index (χ4n) is 4.61. The summed E-state index contributed by atoms with van der Waals surface area (Å²) in [6, 6.07) is 5.35. The molecular weight excluding hydrogens is 400 g/mol. The van der Waals surface area contributed by atoms with Crippen LogP contribution in [0.2, 0.25) is 0 Å². The molecule has 1 amide bonds. The van der Waals surface area contributed by atoms with E-state index in [0.717, 1.165) is 56.4 Å². The third kappa shape index (κ3) is 4.15. The summed E-state index contributed by atoms with van der Waals surface area (Å²) in [5, 5.41) is 0.857. The molecule has 162 valence electrons. The van der Waals surface area contributed by atoms with Crippen molar-refractivity contribution in [1.29, 1.82) is 0 Å². The van der Waals surface area contributed by atoms with Crippen LogP contribution < -0.4 is 4.90 Å². The number of hydrogen-bond donors (Lipinski definition) is 0. The number of likely N-dealkylation sites (tertiary alicyclic amines) is 1.